The second-order valence-electron chi connectivity index (χ2n) is 7.38. The van der Waals surface area contributed by atoms with Crippen LogP contribution in [0.3, 0.4) is 0 Å². The summed E-state index contributed by atoms with van der Waals surface area (Å²) in [4.78, 5) is 30.7. The van der Waals surface area contributed by atoms with Gasteiger partial charge in [-0.1, -0.05) is 0 Å². The smallest absolute Gasteiger partial charge is 0.237 e. The van der Waals surface area contributed by atoms with Gasteiger partial charge in [0.25, 0.3) is 0 Å². The number of nitrogens with zero attached hydrogens (tertiary/aromatic N) is 3. The van der Waals surface area contributed by atoms with Crippen LogP contribution in [0.5, 0.6) is 0 Å². The van der Waals surface area contributed by atoms with Gasteiger partial charge in [-0.25, -0.2) is 0 Å². The Hall–Kier alpha value is -1.14. The van der Waals surface area contributed by atoms with Crippen LogP contribution in [0.25, 0.3) is 0 Å². The van der Waals surface area contributed by atoms with Crippen LogP contribution < -0.4 is 5.32 Å². The molecule has 2 amide bonds. The Kier molecular flexibility index (Phi) is 6.41. The minimum atomic E-state index is 0.141. The molecule has 1 aliphatic heterocycles. The highest BCUT2D eigenvalue weighted by atomic mass is 16.2. The molecule has 0 unspecified atom stereocenters. The summed E-state index contributed by atoms with van der Waals surface area (Å²) in [6.07, 6.45) is 2.26. The molecule has 0 atom stereocenters. The lowest BCUT2D eigenvalue weighted by Crippen LogP contribution is -2.53. The molecule has 0 aromatic carbocycles. The van der Waals surface area contributed by atoms with E-state index in [9.17, 15) is 9.59 Å². The summed E-state index contributed by atoms with van der Waals surface area (Å²) in [5.41, 5.74) is 0. The molecule has 1 heterocycles. The first-order valence-electron chi connectivity index (χ1n) is 8.92. The van der Waals surface area contributed by atoms with Crippen molar-refractivity contribution in [1.29, 1.82) is 0 Å². The summed E-state index contributed by atoms with van der Waals surface area (Å²) in [5, 5.41) is 3.03. The van der Waals surface area contributed by atoms with Gasteiger partial charge in [0.1, 0.15) is 0 Å². The lowest BCUT2D eigenvalue weighted by atomic mass is 10.2. The normalized spacial score (nSPS) is 20.1. The molecule has 0 aromatic heterocycles. The summed E-state index contributed by atoms with van der Waals surface area (Å²) >= 11 is 0. The van der Waals surface area contributed by atoms with E-state index in [-0.39, 0.29) is 23.9 Å². The van der Waals surface area contributed by atoms with E-state index in [1.807, 2.05) is 4.90 Å². The van der Waals surface area contributed by atoms with E-state index >= 15 is 0 Å². The highest BCUT2D eigenvalue weighted by molar-refractivity contribution is 5.79. The fraction of sp³-hybridized carbons (Fsp3) is 0.882. The first kappa shape index (κ1) is 18.2. The van der Waals surface area contributed by atoms with Gasteiger partial charge in [-0.2, -0.15) is 0 Å². The van der Waals surface area contributed by atoms with Crippen molar-refractivity contribution in [3.63, 3.8) is 0 Å². The average molecular weight is 324 g/mol. The molecular formula is C17H32N4O2. The molecule has 2 rings (SSSR count). The zero-order chi connectivity index (χ0) is 17.0. The minimum absolute atomic E-state index is 0.141. The highest BCUT2D eigenvalue weighted by Crippen LogP contribution is 2.18. The summed E-state index contributed by atoms with van der Waals surface area (Å²) in [6.45, 7) is 12.6. The van der Waals surface area contributed by atoms with Gasteiger partial charge in [-0.15, -0.1) is 0 Å². The summed E-state index contributed by atoms with van der Waals surface area (Å²) < 4.78 is 0. The van der Waals surface area contributed by atoms with Crippen molar-refractivity contribution < 1.29 is 9.59 Å². The molecule has 0 aromatic rings. The molecule has 1 N–H and O–H groups in total. The number of rotatable bonds is 7. The molecule has 132 valence electrons. The topological polar surface area (TPSA) is 55.9 Å². The Morgan fingerprint density at radius 1 is 0.957 bits per heavy atom. The number of nitrogens with one attached hydrogen (secondary N) is 1. The van der Waals surface area contributed by atoms with Crippen molar-refractivity contribution in [2.24, 2.45) is 0 Å². The zero-order valence-corrected chi connectivity index (χ0v) is 15.0. The van der Waals surface area contributed by atoms with E-state index in [0.29, 0.717) is 19.1 Å². The van der Waals surface area contributed by atoms with Crippen molar-refractivity contribution in [3.8, 4) is 0 Å². The third-order valence-corrected chi connectivity index (χ3v) is 4.53. The predicted octanol–water partition coefficient (Wildman–Crippen LogP) is 0.528. The predicted molar refractivity (Wildman–Crippen MR) is 91.2 cm³/mol. The zero-order valence-electron chi connectivity index (χ0n) is 15.0. The number of piperazine rings is 1. The lowest BCUT2D eigenvalue weighted by molar-refractivity contribution is -0.136. The molecule has 2 fully saturated rings. The van der Waals surface area contributed by atoms with Gasteiger partial charge >= 0.3 is 0 Å². The maximum Gasteiger partial charge on any atom is 0.237 e. The van der Waals surface area contributed by atoms with E-state index in [1.54, 1.807) is 0 Å². The molecule has 1 saturated carbocycles. The van der Waals surface area contributed by atoms with Gasteiger partial charge in [0.05, 0.1) is 13.1 Å². The Balaban J connectivity index is 1.71. The molecular weight excluding hydrogens is 292 g/mol. The Morgan fingerprint density at radius 3 is 1.87 bits per heavy atom. The van der Waals surface area contributed by atoms with Crippen molar-refractivity contribution in [1.82, 2.24) is 20.0 Å². The van der Waals surface area contributed by atoms with Gasteiger partial charge < -0.3 is 10.2 Å². The second-order valence-corrected chi connectivity index (χ2v) is 7.38. The first-order chi connectivity index (χ1) is 10.9. The van der Waals surface area contributed by atoms with Crippen molar-refractivity contribution in [3.05, 3.63) is 0 Å². The molecule has 2 aliphatic rings. The van der Waals surface area contributed by atoms with Crippen LogP contribution >= 0.6 is 0 Å². The fourth-order valence-electron chi connectivity index (χ4n) is 3.25. The number of hydrogen-bond donors (Lipinski definition) is 1. The number of carbonyl (C=O) groups is 2. The van der Waals surface area contributed by atoms with Crippen LogP contribution in [0.2, 0.25) is 0 Å². The molecule has 6 nitrogen and oxygen atoms in total. The van der Waals surface area contributed by atoms with Gasteiger partial charge in [0, 0.05) is 44.3 Å². The van der Waals surface area contributed by atoms with E-state index in [4.69, 9.17) is 0 Å². The molecule has 0 spiro atoms. The van der Waals surface area contributed by atoms with Crippen LogP contribution in [-0.4, -0.2) is 83.9 Å². The van der Waals surface area contributed by atoms with Crippen LogP contribution in [0.4, 0.5) is 0 Å². The maximum atomic E-state index is 12.5. The molecule has 23 heavy (non-hydrogen) atoms. The Morgan fingerprint density at radius 2 is 1.43 bits per heavy atom. The first-order valence-corrected chi connectivity index (χ1v) is 8.92. The molecule has 1 saturated heterocycles. The Labute approximate surface area is 140 Å². The lowest BCUT2D eigenvalue weighted by Gasteiger charge is -2.37. The Bertz CT molecular complexity index is 405. The summed E-state index contributed by atoms with van der Waals surface area (Å²) in [7, 11) is 0. The highest BCUT2D eigenvalue weighted by Gasteiger charge is 2.27. The largest absolute Gasteiger partial charge is 0.352 e. The summed E-state index contributed by atoms with van der Waals surface area (Å²) in [5.74, 6) is 0.345. The van der Waals surface area contributed by atoms with Gasteiger partial charge in [-0.3, -0.25) is 19.4 Å². The van der Waals surface area contributed by atoms with Gasteiger partial charge in [0.15, 0.2) is 0 Å². The fourth-order valence-corrected chi connectivity index (χ4v) is 3.25. The summed E-state index contributed by atoms with van der Waals surface area (Å²) in [6, 6.07) is 0.893. The van der Waals surface area contributed by atoms with Gasteiger partial charge in [-0.05, 0) is 40.5 Å². The third kappa shape index (κ3) is 5.77. The molecule has 6 heteroatoms. The molecule has 0 bridgehead atoms. The van der Waals surface area contributed by atoms with Crippen LogP contribution in [0.1, 0.15) is 40.5 Å². The van der Waals surface area contributed by atoms with Crippen molar-refractivity contribution >= 4 is 11.8 Å². The minimum Gasteiger partial charge on any atom is -0.352 e. The number of carbonyl (C=O) groups excluding carboxylic acids is 2. The van der Waals surface area contributed by atoms with Crippen LogP contribution in [0.15, 0.2) is 0 Å². The van der Waals surface area contributed by atoms with E-state index in [2.05, 4.69) is 42.8 Å². The maximum absolute atomic E-state index is 12.5. The van der Waals surface area contributed by atoms with Crippen LogP contribution in [0, 0.1) is 0 Å². The molecule has 1 aliphatic carbocycles. The quantitative estimate of drug-likeness (QED) is 0.742. The molecule has 0 radical (unpaired) electrons. The SMILES string of the molecule is CC(C)N(C(=O)CN1CCN(CC(=O)NC2CC2)CC1)C(C)C. The standard InChI is InChI=1S/C17H32N4O2/c1-13(2)21(14(3)4)17(23)12-20-9-7-19(8-10-20)11-16(22)18-15-5-6-15/h13-15H,5-12H2,1-4H3,(H,18,22). The monoisotopic (exact) mass is 324 g/mol. The van der Waals surface area contributed by atoms with Crippen molar-refractivity contribution in [2.75, 3.05) is 39.3 Å². The van der Waals surface area contributed by atoms with Crippen molar-refractivity contribution in [2.45, 2.75) is 58.7 Å². The number of hydrogen-bond acceptors (Lipinski definition) is 4. The average Bonchev–Trinajstić information content (AvgIpc) is 3.23. The van der Waals surface area contributed by atoms with E-state index in [0.717, 1.165) is 39.0 Å². The van der Waals surface area contributed by atoms with E-state index < -0.39 is 0 Å². The second kappa shape index (κ2) is 8.11. The number of amides is 2. The third-order valence-electron chi connectivity index (χ3n) is 4.53. The van der Waals surface area contributed by atoms with Gasteiger partial charge in [0.2, 0.25) is 11.8 Å². The van der Waals surface area contributed by atoms with E-state index in [1.165, 1.54) is 0 Å². The van der Waals surface area contributed by atoms with Crippen LogP contribution in [-0.2, 0) is 9.59 Å².